The molecule has 0 amide bonds. The van der Waals surface area contributed by atoms with Crippen molar-refractivity contribution in [1.29, 1.82) is 5.26 Å². The molecule has 0 radical (unpaired) electrons. The molecule has 19 heavy (non-hydrogen) atoms. The minimum Gasteiger partial charge on any atom is -0.467 e. The van der Waals surface area contributed by atoms with Crippen molar-refractivity contribution in [2.45, 2.75) is 25.4 Å². The van der Waals surface area contributed by atoms with Gasteiger partial charge in [0.2, 0.25) is 0 Å². The topological polar surface area (TPSA) is 66.2 Å². The molecule has 1 aliphatic rings. The third kappa shape index (κ3) is 2.41. The van der Waals surface area contributed by atoms with Crippen LogP contribution in [0.1, 0.15) is 24.2 Å². The summed E-state index contributed by atoms with van der Waals surface area (Å²) in [5.41, 5.74) is 8.33. The van der Waals surface area contributed by atoms with E-state index in [0.29, 0.717) is 23.8 Å². The van der Waals surface area contributed by atoms with Crippen LogP contribution in [0.5, 0.6) is 0 Å². The normalized spacial score (nSPS) is 14.1. The smallest absolute Gasteiger partial charge is 0.123 e. The van der Waals surface area contributed by atoms with E-state index in [2.05, 4.69) is 11.0 Å². The van der Waals surface area contributed by atoms with Crippen LogP contribution in [0.4, 0.5) is 11.4 Å². The van der Waals surface area contributed by atoms with E-state index in [1.807, 2.05) is 18.2 Å². The molecule has 0 atom stereocenters. The Bertz CT molecular complexity index is 609. The van der Waals surface area contributed by atoms with Gasteiger partial charge in [-0.3, -0.25) is 0 Å². The number of nitrogens with zero attached hydrogens (tertiary/aromatic N) is 2. The van der Waals surface area contributed by atoms with Crippen LogP contribution < -0.4 is 10.6 Å². The number of benzene rings is 1. The molecule has 0 aliphatic heterocycles. The Balaban J connectivity index is 1.94. The summed E-state index contributed by atoms with van der Waals surface area (Å²) in [5, 5.41) is 9.02. The quantitative estimate of drug-likeness (QED) is 0.851. The largest absolute Gasteiger partial charge is 0.467 e. The summed E-state index contributed by atoms with van der Waals surface area (Å²) >= 11 is 0. The molecule has 4 heteroatoms. The van der Waals surface area contributed by atoms with Crippen molar-refractivity contribution in [3.8, 4) is 6.07 Å². The van der Waals surface area contributed by atoms with Gasteiger partial charge in [0.15, 0.2) is 0 Å². The van der Waals surface area contributed by atoms with Crippen LogP contribution in [0, 0.1) is 11.3 Å². The highest BCUT2D eigenvalue weighted by Gasteiger charge is 2.31. The Morgan fingerprint density at radius 3 is 2.84 bits per heavy atom. The molecule has 1 aliphatic carbocycles. The van der Waals surface area contributed by atoms with E-state index in [0.717, 1.165) is 24.3 Å². The first-order valence-electron chi connectivity index (χ1n) is 6.36. The van der Waals surface area contributed by atoms with Gasteiger partial charge in [-0.15, -0.1) is 0 Å². The number of nitriles is 1. The van der Waals surface area contributed by atoms with Gasteiger partial charge in [-0.2, -0.15) is 5.26 Å². The number of hydrogen-bond donors (Lipinski definition) is 1. The number of nitrogens with two attached hydrogens (primary N) is 1. The molecule has 1 aromatic heterocycles. The van der Waals surface area contributed by atoms with Crippen LogP contribution in [-0.4, -0.2) is 6.04 Å². The van der Waals surface area contributed by atoms with Crippen molar-refractivity contribution in [3.05, 3.63) is 47.9 Å². The van der Waals surface area contributed by atoms with E-state index < -0.39 is 0 Å². The summed E-state index contributed by atoms with van der Waals surface area (Å²) < 4.78 is 5.41. The highest BCUT2D eigenvalue weighted by molar-refractivity contribution is 5.70. The van der Waals surface area contributed by atoms with Crippen LogP contribution in [-0.2, 0) is 6.54 Å². The minimum atomic E-state index is 0.501. The van der Waals surface area contributed by atoms with Crippen molar-refractivity contribution in [2.24, 2.45) is 0 Å². The lowest BCUT2D eigenvalue weighted by molar-refractivity contribution is 0.501. The van der Waals surface area contributed by atoms with E-state index in [1.165, 1.54) is 0 Å². The zero-order valence-electron chi connectivity index (χ0n) is 10.5. The summed E-state index contributed by atoms with van der Waals surface area (Å²) in [6.45, 7) is 0.691. The first-order chi connectivity index (χ1) is 9.28. The molecule has 3 rings (SSSR count). The van der Waals surface area contributed by atoms with Crippen molar-refractivity contribution in [3.63, 3.8) is 0 Å². The lowest BCUT2D eigenvalue weighted by atomic mass is 10.1. The lowest BCUT2D eigenvalue weighted by Gasteiger charge is -2.25. The molecule has 1 aromatic carbocycles. The first-order valence-corrected chi connectivity index (χ1v) is 6.36. The molecule has 0 saturated heterocycles. The van der Waals surface area contributed by atoms with E-state index in [4.69, 9.17) is 15.4 Å². The minimum absolute atomic E-state index is 0.501. The Morgan fingerprint density at radius 2 is 2.21 bits per heavy atom. The fourth-order valence-electron chi connectivity index (χ4n) is 2.23. The molecule has 1 heterocycles. The molecule has 2 N–H and O–H groups in total. The fraction of sp³-hybridized carbons (Fsp3) is 0.267. The Kier molecular flexibility index (Phi) is 2.88. The first kappa shape index (κ1) is 11.7. The van der Waals surface area contributed by atoms with E-state index in [1.54, 1.807) is 18.4 Å². The Hall–Kier alpha value is -2.41. The molecule has 2 aromatic rings. The second-order valence-electron chi connectivity index (χ2n) is 4.82. The van der Waals surface area contributed by atoms with Gasteiger partial charge in [0.25, 0.3) is 0 Å². The standard InChI is InChI=1S/C15H15N3O/c16-9-11-3-6-14(17)15(8-11)18(12-4-5-12)10-13-2-1-7-19-13/h1-3,6-8,12H,4-5,10,17H2. The average Bonchev–Trinajstić information content (AvgIpc) is 3.14. The van der Waals surface area contributed by atoms with Crippen molar-refractivity contribution in [1.82, 2.24) is 0 Å². The maximum absolute atomic E-state index is 9.02. The summed E-state index contributed by atoms with van der Waals surface area (Å²) in [5.74, 6) is 0.911. The lowest BCUT2D eigenvalue weighted by Crippen LogP contribution is -2.25. The highest BCUT2D eigenvalue weighted by Crippen LogP contribution is 2.36. The molecular weight excluding hydrogens is 238 g/mol. The summed E-state index contributed by atoms with van der Waals surface area (Å²) in [6.07, 6.45) is 4.00. The van der Waals surface area contributed by atoms with E-state index >= 15 is 0 Å². The number of furan rings is 1. The summed E-state index contributed by atoms with van der Waals surface area (Å²) in [6, 6.07) is 11.9. The molecule has 4 nitrogen and oxygen atoms in total. The van der Waals surface area contributed by atoms with Gasteiger partial charge < -0.3 is 15.1 Å². The Labute approximate surface area is 112 Å². The fourth-order valence-corrected chi connectivity index (χ4v) is 2.23. The monoisotopic (exact) mass is 253 g/mol. The van der Waals surface area contributed by atoms with Crippen LogP contribution in [0.2, 0.25) is 0 Å². The third-order valence-corrected chi connectivity index (χ3v) is 3.36. The molecule has 0 spiro atoms. The van der Waals surface area contributed by atoms with Crippen LogP contribution in [0.25, 0.3) is 0 Å². The van der Waals surface area contributed by atoms with Gasteiger partial charge in [-0.05, 0) is 43.2 Å². The second-order valence-corrected chi connectivity index (χ2v) is 4.82. The number of hydrogen-bond acceptors (Lipinski definition) is 4. The molecular formula is C15H15N3O. The third-order valence-electron chi connectivity index (χ3n) is 3.36. The molecule has 1 fully saturated rings. The van der Waals surface area contributed by atoms with Crippen molar-refractivity contribution >= 4 is 11.4 Å². The second kappa shape index (κ2) is 4.69. The summed E-state index contributed by atoms with van der Waals surface area (Å²) in [7, 11) is 0. The number of nitrogen functional groups attached to an aromatic ring is 1. The SMILES string of the molecule is N#Cc1ccc(N)c(N(Cc2ccco2)C2CC2)c1. The van der Waals surface area contributed by atoms with Gasteiger partial charge in [0.05, 0.1) is 35.8 Å². The highest BCUT2D eigenvalue weighted by atomic mass is 16.3. The number of rotatable bonds is 4. The molecule has 0 bridgehead atoms. The van der Waals surface area contributed by atoms with Crippen LogP contribution in [0.3, 0.4) is 0 Å². The molecule has 0 unspecified atom stereocenters. The molecule has 96 valence electrons. The van der Waals surface area contributed by atoms with Gasteiger partial charge in [0, 0.05) is 6.04 Å². The Morgan fingerprint density at radius 1 is 1.37 bits per heavy atom. The number of anilines is 2. The molecule has 1 saturated carbocycles. The maximum Gasteiger partial charge on any atom is 0.123 e. The zero-order chi connectivity index (χ0) is 13.2. The van der Waals surface area contributed by atoms with Gasteiger partial charge in [-0.25, -0.2) is 0 Å². The van der Waals surface area contributed by atoms with E-state index in [-0.39, 0.29) is 0 Å². The van der Waals surface area contributed by atoms with Gasteiger partial charge >= 0.3 is 0 Å². The van der Waals surface area contributed by atoms with E-state index in [9.17, 15) is 0 Å². The van der Waals surface area contributed by atoms with Crippen molar-refractivity contribution < 1.29 is 4.42 Å². The predicted octanol–water partition coefficient (Wildman–Crippen LogP) is 2.90. The average molecular weight is 253 g/mol. The predicted molar refractivity (Wildman–Crippen MR) is 73.5 cm³/mol. The maximum atomic E-state index is 9.02. The summed E-state index contributed by atoms with van der Waals surface area (Å²) in [4.78, 5) is 2.23. The van der Waals surface area contributed by atoms with Crippen molar-refractivity contribution in [2.75, 3.05) is 10.6 Å². The van der Waals surface area contributed by atoms with Crippen LogP contribution >= 0.6 is 0 Å². The van der Waals surface area contributed by atoms with Gasteiger partial charge in [0.1, 0.15) is 5.76 Å². The van der Waals surface area contributed by atoms with Crippen LogP contribution in [0.15, 0.2) is 41.0 Å². The van der Waals surface area contributed by atoms with Gasteiger partial charge in [-0.1, -0.05) is 0 Å². The zero-order valence-corrected chi connectivity index (χ0v) is 10.5.